The molecular weight excluding hydrogens is 314 g/mol. The van der Waals surface area contributed by atoms with Gasteiger partial charge in [0.1, 0.15) is 5.75 Å². The van der Waals surface area contributed by atoms with Crippen molar-refractivity contribution in [2.45, 2.75) is 32.7 Å². The highest BCUT2D eigenvalue weighted by Crippen LogP contribution is 2.40. The van der Waals surface area contributed by atoms with Gasteiger partial charge in [0.15, 0.2) is 11.5 Å². The average molecular weight is 341 g/mol. The van der Waals surface area contributed by atoms with Crippen LogP contribution in [0, 0.1) is 0 Å². The molecule has 25 heavy (non-hydrogen) atoms. The molecule has 4 nitrogen and oxygen atoms in total. The van der Waals surface area contributed by atoms with Gasteiger partial charge in [-0.1, -0.05) is 19.1 Å². The quantitative estimate of drug-likeness (QED) is 0.865. The fourth-order valence-electron chi connectivity index (χ4n) is 3.69. The highest BCUT2D eigenvalue weighted by molar-refractivity contribution is 5.55. The van der Waals surface area contributed by atoms with Crippen LogP contribution in [-0.2, 0) is 12.8 Å². The number of hydrogen-bond acceptors (Lipinski definition) is 4. The highest BCUT2D eigenvalue weighted by atomic mass is 16.5. The largest absolute Gasteiger partial charge is 0.494 e. The van der Waals surface area contributed by atoms with Gasteiger partial charge in [-0.05, 0) is 54.7 Å². The van der Waals surface area contributed by atoms with E-state index in [9.17, 15) is 0 Å². The summed E-state index contributed by atoms with van der Waals surface area (Å²) in [5.41, 5.74) is 5.12. The van der Waals surface area contributed by atoms with Crippen molar-refractivity contribution in [3.8, 4) is 17.2 Å². The number of methoxy groups -OCH3 is 2. The summed E-state index contributed by atoms with van der Waals surface area (Å²) in [5, 5.41) is 3.67. The van der Waals surface area contributed by atoms with Crippen LogP contribution in [0.25, 0.3) is 0 Å². The molecule has 0 fully saturated rings. The van der Waals surface area contributed by atoms with Gasteiger partial charge in [0.2, 0.25) is 0 Å². The van der Waals surface area contributed by atoms with Crippen LogP contribution in [0.15, 0.2) is 30.3 Å². The molecule has 0 amide bonds. The van der Waals surface area contributed by atoms with Crippen molar-refractivity contribution in [3.05, 3.63) is 52.6 Å². The third-order valence-corrected chi connectivity index (χ3v) is 4.84. The molecule has 1 unspecified atom stereocenters. The number of nitrogens with one attached hydrogen (secondary N) is 1. The first kappa shape index (κ1) is 17.6. The van der Waals surface area contributed by atoms with Crippen molar-refractivity contribution < 1.29 is 14.2 Å². The smallest absolute Gasteiger partial charge is 0.164 e. The summed E-state index contributed by atoms with van der Waals surface area (Å²) < 4.78 is 16.8. The number of ether oxygens (including phenoxy) is 3. The molecule has 1 aliphatic rings. The maximum absolute atomic E-state index is 5.67. The van der Waals surface area contributed by atoms with Gasteiger partial charge in [-0.25, -0.2) is 0 Å². The van der Waals surface area contributed by atoms with Gasteiger partial charge in [0.05, 0.1) is 26.9 Å². The first-order valence-electron chi connectivity index (χ1n) is 8.96. The van der Waals surface area contributed by atoms with Crippen molar-refractivity contribution in [3.63, 3.8) is 0 Å². The number of fused-ring (bicyclic) bond motifs is 1. The number of hydrogen-bond donors (Lipinski definition) is 1. The summed E-state index contributed by atoms with van der Waals surface area (Å²) >= 11 is 0. The lowest BCUT2D eigenvalue weighted by atomic mass is 9.86. The standard InChI is InChI=1S/C21H27NO3/c1-5-14-13-15(25-6-2)7-8-16(14)20-17-9-10-19(23-3)21(24-4)18(17)11-12-22-20/h7-10,13,20,22H,5-6,11-12H2,1-4H3. The molecule has 0 aromatic heterocycles. The fourth-order valence-corrected chi connectivity index (χ4v) is 3.69. The fraction of sp³-hybridized carbons (Fsp3) is 0.429. The molecule has 2 aromatic rings. The number of aryl methyl sites for hydroxylation is 1. The first-order valence-corrected chi connectivity index (χ1v) is 8.96. The molecule has 1 N–H and O–H groups in total. The number of rotatable bonds is 6. The van der Waals surface area contributed by atoms with Crippen LogP contribution in [0.1, 0.15) is 42.1 Å². The molecule has 0 spiro atoms. The molecule has 1 aliphatic heterocycles. The lowest BCUT2D eigenvalue weighted by molar-refractivity contribution is 0.339. The molecule has 4 heteroatoms. The van der Waals surface area contributed by atoms with Gasteiger partial charge in [-0.2, -0.15) is 0 Å². The van der Waals surface area contributed by atoms with Crippen molar-refractivity contribution in [1.82, 2.24) is 5.32 Å². The van der Waals surface area contributed by atoms with Crippen LogP contribution < -0.4 is 19.5 Å². The maximum Gasteiger partial charge on any atom is 0.164 e. The van der Waals surface area contributed by atoms with E-state index in [0.717, 1.165) is 36.6 Å². The molecule has 3 rings (SSSR count). The Hall–Kier alpha value is -2.20. The summed E-state index contributed by atoms with van der Waals surface area (Å²) in [4.78, 5) is 0. The normalized spacial score (nSPS) is 16.2. The van der Waals surface area contributed by atoms with E-state index in [1.54, 1.807) is 14.2 Å². The Labute approximate surface area is 150 Å². The van der Waals surface area contributed by atoms with E-state index in [1.165, 1.54) is 22.3 Å². The highest BCUT2D eigenvalue weighted by Gasteiger charge is 2.27. The van der Waals surface area contributed by atoms with Crippen molar-refractivity contribution in [2.75, 3.05) is 27.4 Å². The minimum absolute atomic E-state index is 0.161. The monoisotopic (exact) mass is 341 g/mol. The Kier molecular flexibility index (Phi) is 5.49. The lowest BCUT2D eigenvalue weighted by Gasteiger charge is -2.30. The maximum atomic E-state index is 5.67. The predicted molar refractivity (Wildman–Crippen MR) is 100 cm³/mol. The zero-order valence-electron chi connectivity index (χ0n) is 15.5. The topological polar surface area (TPSA) is 39.7 Å². The second-order valence-electron chi connectivity index (χ2n) is 6.15. The lowest BCUT2D eigenvalue weighted by Crippen LogP contribution is -2.31. The van der Waals surface area contributed by atoms with E-state index in [4.69, 9.17) is 14.2 Å². The molecule has 1 heterocycles. The van der Waals surface area contributed by atoms with Gasteiger partial charge in [-0.15, -0.1) is 0 Å². The Morgan fingerprint density at radius 2 is 1.84 bits per heavy atom. The van der Waals surface area contributed by atoms with E-state index in [2.05, 4.69) is 36.5 Å². The van der Waals surface area contributed by atoms with Gasteiger partial charge in [0, 0.05) is 12.1 Å². The molecule has 0 saturated heterocycles. The molecule has 0 radical (unpaired) electrons. The zero-order chi connectivity index (χ0) is 17.8. The minimum Gasteiger partial charge on any atom is -0.494 e. The third kappa shape index (κ3) is 3.31. The van der Waals surface area contributed by atoms with Gasteiger partial charge in [-0.3, -0.25) is 0 Å². The minimum atomic E-state index is 0.161. The van der Waals surface area contributed by atoms with Crippen LogP contribution in [0.5, 0.6) is 17.2 Å². The molecule has 0 saturated carbocycles. The summed E-state index contributed by atoms with van der Waals surface area (Å²) in [7, 11) is 3.40. The average Bonchev–Trinajstić information content (AvgIpc) is 2.66. The van der Waals surface area contributed by atoms with E-state index in [0.29, 0.717) is 6.61 Å². The summed E-state index contributed by atoms with van der Waals surface area (Å²) in [6.45, 7) is 5.80. The molecule has 0 bridgehead atoms. The second kappa shape index (κ2) is 7.79. The molecule has 134 valence electrons. The van der Waals surface area contributed by atoms with Crippen molar-refractivity contribution >= 4 is 0 Å². The van der Waals surface area contributed by atoms with E-state index in [1.807, 2.05) is 13.0 Å². The van der Waals surface area contributed by atoms with Crippen LogP contribution in [0.2, 0.25) is 0 Å². The Morgan fingerprint density at radius 3 is 2.52 bits per heavy atom. The molecule has 2 aromatic carbocycles. The van der Waals surface area contributed by atoms with E-state index in [-0.39, 0.29) is 6.04 Å². The first-order chi connectivity index (χ1) is 12.2. The second-order valence-corrected chi connectivity index (χ2v) is 6.15. The van der Waals surface area contributed by atoms with Gasteiger partial charge in [0.25, 0.3) is 0 Å². The summed E-state index contributed by atoms with van der Waals surface area (Å²) in [6, 6.07) is 10.7. The predicted octanol–water partition coefficient (Wildman–Crippen LogP) is 3.90. The Bertz CT molecular complexity index is 742. The summed E-state index contributed by atoms with van der Waals surface area (Å²) in [5.74, 6) is 2.59. The van der Waals surface area contributed by atoms with Gasteiger partial charge < -0.3 is 19.5 Å². The van der Waals surface area contributed by atoms with E-state index >= 15 is 0 Å². The number of benzene rings is 2. The van der Waals surface area contributed by atoms with Crippen molar-refractivity contribution in [2.24, 2.45) is 0 Å². The Morgan fingerprint density at radius 1 is 1.04 bits per heavy atom. The molecule has 1 atom stereocenters. The zero-order valence-corrected chi connectivity index (χ0v) is 15.5. The van der Waals surface area contributed by atoms with Crippen LogP contribution in [-0.4, -0.2) is 27.4 Å². The van der Waals surface area contributed by atoms with Crippen LogP contribution in [0.4, 0.5) is 0 Å². The third-order valence-electron chi connectivity index (χ3n) is 4.84. The van der Waals surface area contributed by atoms with E-state index < -0.39 is 0 Å². The van der Waals surface area contributed by atoms with Crippen LogP contribution in [0.3, 0.4) is 0 Å². The molecular formula is C21H27NO3. The molecule has 0 aliphatic carbocycles. The van der Waals surface area contributed by atoms with Crippen LogP contribution >= 0.6 is 0 Å². The van der Waals surface area contributed by atoms with Crippen molar-refractivity contribution in [1.29, 1.82) is 0 Å². The van der Waals surface area contributed by atoms with Gasteiger partial charge >= 0.3 is 0 Å². The summed E-state index contributed by atoms with van der Waals surface area (Å²) in [6.07, 6.45) is 1.90. The Balaban J connectivity index is 2.07. The SMILES string of the molecule is CCOc1ccc(C2NCCc3c2ccc(OC)c3OC)c(CC)c1.